The Morgan fingerprint density at radius 2 is 1.44 bits per heavy atom. The van der Waals surface area contributed by atoms with E-state index in [-0.39, 0.29) is 0 Å². The van der Waals surface area contributed by atoms with E-state index >= 15 is 0 Å². The van der Waals surface area contributed by atoms with Gasteiger partial charge in [-0.05, 0) is 0 Å². The predicted octanol–water partition coefficient (Wildman–Crippen LogP) is -1.35. The Bertz CT molecular complexity index is 286. The van der Waals surface area contributed by atoms with Crippen LogP contribution in [0.25, 0.3) is 0 Å². The van der Waals surface area contributed by atoms with E-state index in [1.807, 2.05) is 0 Å². The average Bonchev–Trinajstić information content (AvgIpc) is 1.99. The van der Waals surface area contributed by atoms with Crippen LogP contribution in [0.4, 0.5) is 0 Å². The normalized spacial score (nSPS) is 11.7. The zero-order chi connectivity index (χ0) is 12.8. The zero-order valence-corrected chi connectivity index (χ0v) is 10.8. The van der Waals surface area contributed by atoms with Crippen LogP contribution in [0, 0.1) is 0 Å². The third kappa shape index (κ3) is 13.2. The van der Waals surface area contributed by atoms with Crippen molar-refractivity contribution in [2.75, 3.05) is 21.1 Å². The molecule has 0 aliphatic carbocycles. The second-order valence-electron chi connectivity index (χ2n) is 4.51. The van der Waals surface area contributed by atoms with Gasteiger partial charge in [0.1, 0.15) is 6.54 Å². The Morgan fingerprint density at radius 1 is 1.06 bits per heavy atom. The molecule has 92 valence electrons. The first-order chi connectivity index (χ1) is 7.08. The molecular formula is C10H19NO4Si. The molecule has 0 amide bonds. The summed E-state index contributed by atoms with van der Waals surface area (Å²) in [5.41, 5.74) is 1.40. The minimum Gasteiger partial charge on any atom is -0.794 e. The van der Waals surface area contributed by atoms with Gasteiger partial charge in [-0.1, -0.05) is 30.3 Å². The number of nitrogens with zero attached hydrogens (tertiary/aromatic N) is 1. The lowest BCUT2D eigenvalue weighted by molar-refractivity contribution is -0.884. The average molecular weight is 245 g/mol. The fraction of sp³-hybridized carbons (Fsp3) is 0.400. The molecule has 0 saturated carbocycles. The summed E-state index contributed by atoms with van der Waals surface area (Å²) >= 11 is 0. The van der Waals surface area contributed by atoms with E-state index in [1.165, 1.54) is 5.56 Å². The van der Waals surface area contributed by atoms with Gasteiger partial charge in [0.05, 0.1) is 21.1 Å². The van der Waals surface area contributed by atoms with E-state index in [0.717, 1.165) is 11.0 Å². The lowest BCUT2D eigenvalue weighted by Crippen LogP contribution is -2.50. The number of benzene rings is 1. The molecule has 5 nitrogen and oxygen atoms in total. The van der Waals surface area contributed by atoms with Crippen molar-refractivity contribution < 1.29 is 23.7 Å². The standard InChI is InChI=1S/C10H16N.H3O4Si/c1-11(2,3)9-10-7-5-4-6-8-10;1-5(2,3)4/h4-8H,9H2,1-3H3;1-3H/q+1;-1. The molecule has 1 aromatic rings. The third-order valence-electron chi connectivity index (χ3n) is 1.50. The molecule has 3 N–H and O–H groups in total. The maximum absolute atomic E-state index is 8.91. The molecule has 16 heavy (non-hydrogen) atoms. The lowest BCUT2D eigenvalue weighted by Gasteiger charge is -2.23. The zero-order valence-electron chi connectivity index (χ0n) is 9.79. The molecule has 0 atom stereocenters. The van der Waals surface area contributed by atoms with E-state index in [2.05, 4.69) is 51.5 Å². The Balaban J connectivity index is 0.000000385. The number of quaternary nitrogens is 1. The highest BCUT2D eigenvalue weighted by Crippen LogP contribution is 2.05. The Hall–Kier alpha value is -0.763. The van der Waals surface area contributed by atoms with Crippen LogP contribution in [0.2, 0.25) is 0 Å². The topological polar surface area (TPSA) is 83.8 Å². The van der Waals surface area contributed by atoms with Gasteiger partial charge in [0.25, 0.3) is 0 Å². The summed E-state index contributed by atoms with van der Waals surface area (Å²) in [6.07, 6.45) is 0. The molecular weight excluding hydrogens is 226 g/mol. The minimum atomic E-state index is -4.86. The Kier molecular flexibility index (Phi) is 5.80. The molecule has 1 aromatic carbocycles. The van der Waals surface area contributed by atoms with E-state index in [1.54, 1.807) is 0 Å². The Labute approximate surface area is 96.9 Å². The van der Waals surface area contributed by atoms with Crippen LogP contribution >= 0.6 is 0 Å². The minimum absolute atomic E-state index is 0.990. The number of hydrogen-bond acceptors (Lipinski definition) is 4. The summed E-state index contributed by atoms with van der Waals surface area (Å²) in [5.74, 6) is 0. The first kappa shape index (κ1) is 15.2. The van der Waals surface area contributed by atoms with Crippen LogP contribution in [0.5, 0.6) is 0 Å². The second-order valence-corrected chi connectivity index (χ2v) is 5.66. The van der Waals surface area contributed by atoms with Crippen LogP contribution in [0.1, 0.15) is 5.56 Å². The molecule has 0 aliphatic rings. The van der Waals surface area contributed by atoms with Crippen LogP contribution in [-0.4, -0.2) is 49.1 Å². The molecule has 0 aromatic heterocycles. The van der Waals surface area contributed by atoms with Crippen LogP contribution < -0.4 is 4.80 Å². The molecule has 0 bridgehead atoms. The fourth-order valence-electron chi connectivity index (χ4n) is 1.13. The van der Waals surface area contributed by atoms with Gasteiger partial charge in [-0.15, -0.1) is 0 Å². The highest BCUT2D eigenvalue weighted by atomic mass is 28.4. The van der Waals surface area contributed by atoms with Crippen molar-refractivity contribution in [3.63, 3.8) is 0 Å². The fourth-order valence-corrected chi connectivity index (χ4v) is 1.13. The summed E-state index contributed by atoms with van der Waals surface area (Å²) in [5, 5.41) is 0. The summed E-state index contributed by atoms with van der Waals surface area (Å²) in [6, 6.07) is 10.6. The molecule has 0 unspecified atom stereocenters. The van der Waals surface area contributed by atoms with Gasteiger partial charge < -0.3 is 23.7 Å². The largest absolute Gasteiger partial charge is 0.794 e. The summed E-state index contributed by atoms with van der Waals surface area (Å²) in [7, 11) is 1.74. The van der Waals surface area contributed by atoms with E-state index < -0.39 is 9.05 Å². The van der Waals surface area contributed by atoms with Gasteiger partial charge in [-0.25, -0.2) is 0 Å². The number of hydrogen-bond donors (Lipinski definition) is 3. The van der Waals surface area contributed by atoms with Crippen molar-refractivity contribution in [3.8, 4) is 0 Å². The predicted molar refractivity (Wildman–Crippen MR) is 60.6 cm³/mol. The third-order valence-corrected chi connectivity index (χ3v) is 1.50. The smallest absolute Gasteiger partial charge is 0.404 e. The van der Waals surface area contributed by atoms with Gasteiger partial charge in [0, 0.05) is 5.56 Å². The first-order valence-corrected chi connectivity index (χ1v) is 6.55. The van der Waals surface area contributed by atoms with Crippen LogP contribution in [0.3, 0.4) is 0 Å². The van der Waals surface area contributed by atoms with Crippen LogP contribution in [0.15, 0.2) is 30.3 Å². The van der Waals surface area contributed by atoms with Crippen molar-refractivity contribution in [2.24, 2.45) is 0 Å². The molecule has 0 heterocycles. The molecule has 0 aliphatic heterocycles. The molecule has 0 radical (unpaired) electrons. The van der Waals surface area contributed by atoms with Crippen molar-refractivity contribution in [1.29, 1.82) is 0 Å². The van der Waals surface area contributed by atoms with E-state index in [4.69, 9.17) is 19.2 Å². The first-order valence-electron chi connectivity index (χ1n) is 4.80. The molecule has 1 rings (SSSR count). The summed E-state index contributed by atoms with van der Waals surface area (Å²) in [6.45, 7) is 1.10. The maximum atomic E-state index is 8.91. The highest BCUT2D eigenvalue weighted by Gasteiger charge is 2.06. The van der Waals surface area contributed by atoms with Crippen molar-refractivity contribution in [3.05, 3.63) is 35.9 Å². The van der Waals surface area contributed by atoms with Crippen molar-refractivity contribution in [2.45, 2.75) is 6.54 Å². The highest BCUT2D eigenvalue weighted by molar-refractivity contribution is 6.44. The second kappa shape index (κ2) is 6.09. The quantitative estimate of drug-likeness (QED) is 0.444. The molecule has 6 heteroatoms. The monoisotopic (exact) mass is 245 g/mol. The summed E-state index contributed by atoms with van der Waals surface area (Å²) < 4.78 is 0.990. The van der Waals surface area contributed by atoms with Gasteiger partial charge in [-0.2, -0.15) is 0 Å². The summed E-state index contributed by atoms with van der Waals surface area (Å²) in [4.78, 5) is 30.6. The molecule has 0 fully saturated rings. The van der Waals surface area contributed by atoms with Crippen molar-refractivity contribution >= 4 is 9.05 Å². The van der Waals surface area contributed by atoms with Crippen molar-refractivity contribution in [1.82, 2.24) is 0 Å². The number of rotatable bonds is 2. The molecule has 0 spiro atoms. The van der Waals surface area contributed by atoms with Crippen LogP contribution in [-0.2, 0) is 6.54 Å². The van der Waals surface area contributed by atoms with E-state index in [0.29, 0.717) is 0 Å². The van der Waals surface area contributed by atoms with Gasteiger partial charge in [0.15, 0.2) is 0 Å². The Morgan fingerprint density at radius 3 is 1.75 bits per heavy atom. The van der Waals surface area contributed by atoms with Gasteiger partial charge >= 0.3 is 9.05 Å². The van der Waals surface area contributed by atoms with Gasteiger partial charge in [-0.3, -0.25) is 0 Å². The van der Waals surface area contributed by atoms with E-state index in [9.17, 15) is 0 Å². The lowest BCUT2D eigenvalue weighted by atomic mass is 10.2. The van der Waals surface area contributed by atoms with Gasteiger partial charge in [0.2, 0.25) is 0 Å². The SMILES string of the molecule is C[N+](C)(C)Cc1ccccc1.[O-][Si](O)(O)O. The maximum Gasteiger partial charge on any atom is 0.404 e. The molecule has 0 saturated heterocycles.